The summed E-state index contributed by atoms with van der Waals surface area (Å²) in [7, 11) is -4.62. The number of carbonyl (C=O) groups is 2. The Morgan fingerprint density at radius 2 is 1.67 bits per heavy atom. The summed E-state index contributed by atoms with van der Waals surface area (Å²) < 4.78 is 46.4. The number of phenols is 1. The molecule has 66 heavy (non-hydrogen) atoms. The number of sulfone groups is 1. The van der Waals surface area contributed by atoms with Crippen molar-refractivity contribution in [3.8, 4) is 28.4 Å². The van der Waals surface area contributed by atoms with E-state index >= 15 is 0 Å². The maximum Gasteiger partial charge on any atom is 0.262 e. The average Bonchev–Trinajstić information content (AvgIpc) is 3.28. The number of methoxy groups -OCH3 is 1. The van der Waals surface area contributed by atoms with Gasteiger partial charge in [-0.3, -0.25) is 14.6 Å². The third kappa shape index (κ3) is 10.5. The van der Waals surface area contributed by atoms with Gasteiger partial charge in [-0.05, 0) is 122 Å². The number of nitrogens with two attached hydrogens (primary N) is 1. The fraction of sp³-hybridized carbons (Fsp3) is 0.314. The van der Waals surface area contributed by atoms with Gasteiger partial charge in [0.1, 0.15) is 17.2 Å². The third-order valence-corrected chi connectivity index (χ3v) is 18.8. The molecular weight excluding hydrogens is 871 g/mol. The number of ether oxygens (including phenoxy) is 2. The van der Waals surface area contributed by atoms with Gasteiger partial charge < -0.3 is 40.7 Å². The highest BCUT2D eigenvalue weighted by atomic mass is 32.2. The highest BCUT2D eigenvalue weighted by molar-refractivity contribution is 7.91. The Morgan fingerprint density at radius 1 is 0.955 bits per heavy atom. The van der Waals surface area contributed by atoms with Crippen molar-refractivity contribution in [2.45, 2.75) is 87.4 Å². The molecule has 0 fully saturated rings. The molecule has 0 saturated carbocycles. The van der Waals surface area contributed by atoms with E-state index < -0.39 is 24.1 Å². The van der Waals surface area contributed by atoms with Crippen LogP contribution < -0.4 is 31.2 Å². The molecule has 0 aliphatic carbocycles. The minimum absolute atomic E-state index is 0.0218. The Labute approximate surface area is 388 Å². The Balaban J connectivity index is 0.961. The van der Waals surface area contributed by atoms with E-state index in [0.29, 0.717) is 45.9 Å². The van der Waals surface area contributed by atoms with Gasteiger partial charge in [0.2, 0.25) is 9.84 Å². The van der Waals surface area contributed by atoms with Gasteiger partial charge in [0.25, 0.3) is 11.8 Å². The Bertz CT molecular complexity index is 2860. The normalized spacial score (nSPS) is 13.4. The molecule has 0 saturated heterocycles. The topological polar surface area (TPSA) is 191 Å². The second-order valence-corrected chi connectivity index (χ2v) is 24.9. The maximum atomic E-state index is 14.1. The summed E-state index contributed by atoms with van der Waals surface area (Å²) in [6, 6.07) is 28.9. The molecule has 2 amide bonds. The van der Waals surface area contributed by atoms with Crippen molar-refractivity contribution < 1.29 is 37.0 Å². The molecule has 346 valence electrons. The summed E-state index contributed by atoms with van der Waals surface area (Å²) in [6.07, 6.45) is 5.02. The van der Waals surface area contributed by atoms with Crippen molar-refractivity contribution in [2.24, 2.45) is 5.73 Å². The van der Waals surface area contributed by atoms with Gasteiger partial charge in [-0.15, -0.1) is 0 Å². The summed E-state index contributed by atoms with van der Waals surface area (Å²) in [4.78, 5) is 29.3. The molecule has 15 heteroatoms. The molecule has 5 aromatic carbocycles. The van der Waals surface area contributed by atoms with Gasteiger partial charge in [0.15, 0.2) is 20.7 Å². The quantitative estimate of drug-likeness (QED) is 0.0313. The van der Waals surface area contributed by atoms with E-state index in [1.54, 1.807) is 62.6 Å². The Kier molecular flexibility index (Phi) is 14.2. The number of carbonyl (C=O) groups excluding carboxylic acids is 2. The zero-order valence-electron chi connectivity index (χ0n) is 38.6. The second-order valence-electron chi connectivity index (χ2n) is 18.2. The lowest BCUT2D eigenvalue weighted by Gasteiger charge is -2.40. The number of benzene rings is 5. The standard InChI is InChI=1S/C51H59N5O8SSi/c1-32-26-39(28-41-46(32)54-29-42(50(52)59)47(41)55-36-13-11-14-37(27-36)62-5)65(60,61)38-21-19-35(20-22-38)34-17-15-33(16-18-34)12-9-8-10-25-53-30-44(64-66(6,7)51(2,3)4)40-23-24-43(57)48-49(40)63-31-45(58)56-48/h11,13-24,26-29,44,53,57H,8-10,12,25,30-31H2,1-7H3,(H2,52,59)(H,54,55)(H,56,58)/t44-/m0/s1. The molecule has 0 spiro atoms. The van der Waals surface area contributed by atoms with Crippen molar-refractivity contribution in [1.82, 2.24) is 10.3 Å². The average molecular weight is 930 g/mol. The van der Waals surface area contributed by atoms with Gasteiger partial charge in [0.05, 0.1) is 39.8 Å². The molecule has 1 aliphatic heterocycles. The number of nitrogens with one attached hydrogen (secondary N) is 3. The summed E-state index contributed by atoms with van der Waals surface area (Å²) in [5.74, 6) is 0.0107. The zero-order chi connectivity index (χ0) is 47.4. The van der Waals surface area contributed by atoms with Crippen LogP contribution in [0.3, 0.4) is 0 Å². The second kappa shape index (κ2) is 19.7. The van der Waals surface area contributed by atoms with Gasteiger partial charge in [-0.25, -0.2) is 8.42 Å². The van der Waals surface area contributed by atoms with Crippen molar-refractivity contribution in [3.63, 3.8) is 0 Å². The Hall–Kier alpha value is -6.26. The monoisotopic (exact) mass is 929 g/mol. The van der Waals surface area contributed by atoms with Crippen LogP contribution in [0.5, 0.6) is 17.2 Å². The molecule has 2 heterocycles. The first kappa shape index (κ1) is 47.7. The van der Waals surface area contributed by atoms with Crippen LogP contribution in [-0.2, 0) is 25.5 Å². The van der Waals surface area contributed by atoms with Crippen LogP contribution in [0.1, 0.15) is 73.2 Å². The molecule has 6 N–H and O–H groups in total. The molecule has 6 aromatic rings. The van der Waals surface area contributed by atoms with E-state index in [0.717, 1.165) is 48.9 Å². The molecule has 1 aliphatic rings. The van der Waals surface area contributed by atoms with Crippen LogP contribution in [-0.4, -0.2) is 65.4 Å². The van der Waals surface area contributed by atoms with Gasteiger partial charge in [0, 0.05) is 35.4 Å². The smallest absolute Gasteiger partial charge is 0.262 e. The molecule has 13 nitrogen and oxygen atoms in total. The lowest BCUT2D eigenvalue weighted by atomic mass is 10.0. The van der Waals surface area contributed by atoms with Crippen LogP contribution in [0.15, 0.2) is 113 Å². The van der Waals surface area contributed by atoms with E-state index in [9.17, 15) is 23.1 Å². The van der Waals surface area contributed by atoms with Crippen LogP contribution in [0, 0.1) is 6.92 Å². The van der Waals surface area contributed by atoms with Crippen molar-refractivity contribution in [3.05, 3.63) is 126 Å². The lowest BCUT2D eigenvalue weighted by molar-refractivity contribution is -0.118. The first-order valence-electron chi connectivity index (χ1n) is 22.1. The lowest BCUT2D eigenvalue weighted by Crippen LogP contribution is -2.43. The number of aryl methyl sites for hydroxylation is 2. The highest BCUT2D eigenvalue weighted by Crippen LogP contribution is 2.46. The van der Waals surface area contributed by atoms with Crippen molar-refractivity contribution in [2.75, 3.05) is 37.4 Å². The zero-order valence-corrected chi connectivity index (χ0v) is 40.4. The fourth-order valence-electron chi connectivity index (χ4n) is 7.76. The molecule has 0 bridgehead atoms. The molecular formula is C51H59N5O8SSi. The minimum atomic E-state index is -3.97. The first-order chi connectivity index (χ1) is 31.4. The third-order valence-electron chi connectivity index (χ3n) is 12.5. The summed E-state index contributed by atoms with van der Waals surface area (Å²) in [5, 5.41) is 20.5. The minimum Gasteiger partial charge on any atom is -0.506 e. The number of unbranched alkanes of at least 4 members (excludes halogenated alkanes) is 2. The number of fused-ring (bicyclic) bond motifs is 2. The molecule has 1 atom stereocenters. The number of anilines is 3. The van der Waals surface area contributed by atoms with Crippen LogP contribution in [0.2, 0.25) is 18.1 Å². The predicted molar refractivity (Wildman–Crippen MR) is 262 cm³/mol. The number of rotatable bonds is 18. The summed E-state index contributed by atoms with van der Waals surface area (Å²) in [5.41, 5.74) is 12.2. The van der Waals surface area contributed by atoms with Crippen LogP contribution in [0.4, 0.5) is 17.1 Å². The van der Waals surface area contributed by atoms with Crippen molar-refractivity contribution in [1.29, 1.82) is 0 Å². The fourth-order valence-corrected chi connectivity index (χ4v) is 10.4. The van der Waals surface area contributed by atoms with E-state index in [1.807, 2.05) is 18.2 Å². The van der Waals surface area contributed by atoms with E-state index in [2.05, 4.69) is 79.1 Å². The maximum absolute atomic E-state index is 14.1. The number of nitrogens with zero attached hydrogens (tertiary/aromatic N) is 1. The molecule has 7 rings (SSSR count). The number of primary amides is 1. The Morgan fingerprint density at radius 3 is 2.35 bits per heavy atom. The number of hydrogen-bond donors (Lipinski definition) is 5. The van der Waals surface area contributed by atoms with Crippen molar-refractivity contribution >= 4 is 57.9 Å². The number of phenolic OH excluding ortho intramolecular Hbond substituents is 1. The first-order valence-corrected chi connectivity index (χ1v) is 26.5. The molecule has 0 unspecified atom stereocenters. The summed E-state index contributed by atoms with van der Waals surface area (Å²) in [6.45, 7) is 14.0. The predicted octanol–water partition coefficient (Wildman–Crippen LogP) is 10.00. The number of aromatic nitrogens is 1. The SMILES string of the molecule is COc1cccc(Nc2c(C(N)=O)cnc3c(C)cc(S(=O)(=O)c4ccc(-c5ccc(CCCCCNC[C@H](O[Si](C)(C)C(C)(C)C)c6ccc(O)c7c6OCC(=O)N7)cc5)cc4)cc23)c1. The molecule has 1 aromatic heterocycles. The van der Waals surface area contributed by atoms with E-state index in [-0.39, 0.29) is 50.4 Å². The summed E-state index contributed by atoms with van der Waals surface area (Å²) >= 11 is 0. The number of amides is 2. The van der Waals surface area contributed by atoms with E-state index in [1.165, 1.54) is 17.8 Å². The number of pyridine rings is 1. The van der Waals surface area contributed by atoms with Crippen LogP contribution in [0.25, 0.3) is 22.0 Å². The number of aromatic hydroxyl groups is 1. The van der Waals surface area contributed by atoms with E-state index in [4.69, 9.17) is 19.6 Å². The van der Waals surface area contributed by atoms with Gasteiger partial charge in [-0.2, -0.15) is 0 Å². The largest absolute Gasteiger partial charge is 0.506 e. The highest BCUT2D eigenvalue weighted by Gasteiger charge is 2.40. The number of hydrogen-bond acceptors (Lipinski definition) is 11. The van der Waals surface area contributed by atoms with Crippen LogP contribution >= 0.6 is 0 Å². The van der Waals surface area contributed by atoms with Gasteiger partial charge in [-0.1, -0.05) is 69.7 Å². The molecule has 0 radical (unpaired) electrons. The van der Waals surface area contributed by atoms with Gasteiger partial charge >= 0.3 is 0 Å².